The zero-order valence-corrected chi connectivity index (χ0v) is 11.7. The number of aromatic nitrogens is 3. The fourth-order valence-corrected chi connectivity index (χ4v) is 3.32. The summed E-state index contributed by atoms with van der Waals surface area (Å²) in [6.45, 7) is 2.30. The predicted molar refractivity (Wildman–Crippen MR) is 77.9 cm³/mol. The molecule has 0 saturated heterocycles. The molecule has 1 fully saturated rings. The van der Waals surface area contributed by atoms with Gasteiger partial charge in [0.05, 0.1) is 23.6 Å². The van der Waals surface area contributed by atoms with Crippen LogP contribution in [0.3, 0.4) is 0 Å². The number of nitrogens with two attached hydrogens (primary N) is 1. The van der Waals surface area contributed by atoms with Gasteiger partial charge in [0.2, 0.25) is 0 Å². The van der Waals surface area contributed by atoms with Gasteiger partial charge in [0, 0.05) is 0 Å². The van der Waals surface area contributed by atoms with E-state index < -0.39 is 0 Å². The van der Waals surface area contributed by atoms with Crippen LogP contribution in [-0.4, -0.2) is 15.0 Å². The molecular formula is C15H21N5. The first kappa shape index (κ1) is 13.3. The summed E-state index contributed by atoms with van der Waals surface area (Å²) in [7, 11) is 0. The molecule has 0 radical (unpaired) electrons. The Morgan fingerprint density at radius 2 is 2.10 bits per heavy atom. The van der Waals surface area contributed by atoms with Crippen LogP contribution in [0.25, 0.3) is 5.69 Å². The fraction of sp³-hybridized carbons (Fsp3) is 0.467. The Labute approximate surface area is 119 Å². The zero-order valence-electron chi connectivity index (χ0n) is 11.7. The quantitative estimate of drug-likeness (QED) is 0.661. The van der Waals surface area contributed by atoms with E-state index in [4.69, 9.17) is 5.84 Å². The van der Waals surface area contributed by atoms with Crippen molar-refractivity contribution in [3.05, 3.63) is 42.2 Å². The molecular weight excluding hydrogens is 250 g/mol. The van der Waals surface area contributed by atoms with Gasteiger partial charge in [-0.2, -0.15) is 0 Å². The average molecular weight is 271 g/mol. The number of para-hydroxylation sites is 1. The monoisotopic (exact) mass is 271 g/mol. The Morgan fingerprint density at radius 3 is 2.75 bits per heavy atom. The maximum absolute atomic E-state index is 5.83. The smallest absolute Gasteiger partial charge is 0.0831 e. The highest BCUT2D eigenvalue weighted by atomic mass is 15.4. The first-order valence-electron chi connectivity index (χ1n) is 7.23. The molecule has 0 spiro atoms. The summed E-state index contributed by atoms with van der Waals surface area (Å²) in [6.07, 6.45) is 5.57. The van der Waals surface area contributed by atoms with Crippen molar-refractivity contribution in [2.75, 3.05) is 0 Å². The Kier molecular flexibility index (Phi) is 3.80. The standard InChI is InChI=1S/C15H21N5/c1-11-6-5-9-13(11)15(18-16)14-10-17-19-20(14)12-7-3-2-4-8-12/h2-4,7-8,10-11,13,15,18H,5-6,9,16H2,1H3. The van der Waals surface area contributed by atoms with Crippen molar-refractivity contribution >= 4 is 0 Å². The van der Waals surface area contributed by atoms with Gasteiger partial charge in [-0.15, -0.1) is 5.10 Å². The fourth-order valence-electron chi connectivity index (χ4n) is 3.32. The van der Waals surface area contributed by atoms with Crippen LogP contribution in [-0.2, 0) is 0 Å². The van der Waals surface area contributed by atoms with Crippen LogP contribution in [0.2, 0.25) is 0 Å². The van der Waals surface area contributed by atoms with Gasteiger partial charge in [0.1, 0.15) is 0 Å². The molecule has 3 atom stereocenters. The lowest BCUT2D eigenvalue weighted by molar-refractivity contribution is 0.295. The molecule has 5 nitrogen and oxygen atoms in total. The highest BCUT2D eigenvalue weighted by Gasteiger charge is 2.33. The van der Waals surface area contributed by atoms with E-state index in [2.05, 4.69) is 22.7 Å². The minimum atomic E-state index is 0.0997. The van der Waals surface area contributed by atoms with E-state index in [1.54, 1.807) is 0 Å². The predicted octanol–water partition coefficient (Wildman–Crippen LogP) is 2.21. The number of hydrogen-bond acceptors (Lipinski definition) is 4. The van der Waals surface area contributed by atoms with Gasteiger partial charge in [0.25, 0.3) is 0 Å². The number of rotatable bonds is 4. The van der Waals surface area contributed by atoms with E-state index in [0.29, 0.717) is 11.8 Å². The molecule has 0 aliphatic heterocycles. The third kappa shape index (κ3) is 2.34. The molecule has 2 aromatic rings. The normalized spacial score (nSPS) is 23.9. The first-order chi connectivity index (χ1) is 9.81. The highest BCUT2D eigenvalue weighted by Crippen LogP contribution is 2.39. The van der Waals surface area contributed by atoms with E-state index in [9.17, 15) is 0 Å². The van der Waals surface area contributed by atoms with E-state index in [0.717, 1.165) is 11.4 Å². The summed E-state index contributed by atoms with van der Waals surface area (Å²) < 4.78 is 1.88. The van der Waals surface area contributed by atoms with Gasteiger partial charge in [-0.05, 0) is 30.4 Å². The van der Waals surface area contributed by atoms with Gasteiger partial charge in [0.15, 0.2) is 0 Å². The molecule has 1 aromatic heterocycles. The van der Waals surface area contributed by atoms with Gasteiger partial charge in [-0.3, -0.25) is 11.3 Å². The molecule has 106 valence electrons. The Balaban J connectivity index is 1.95. The Hall–Kier alpha value is -1.72. The lowest BCUT2D eigenvalue weighted by Crippen LogP contribution is -2.36. The Bertz CT molecular complexity index is 550. The van der Waals surface area contributed by atoms with Crippen LogP contribution in [0.1, 0.15) is 37.9 Å². The van der Waals surface area contributed by atoms with Crippen LogP contribution in [0.15, 0.2) is 36.5 Å². The lowest BCUT2D eigenvalue weighted by Gasteiger charge is -2.26. The molecule has 1 aromatic carbocycles. The molecule has 1 saturated carbocycles. The van der Waals surface area contributed by atoms with Crippen LogP contribution in [0.4, 0.5) is 0 Å². The zero-order chi connectivity index (χ0) is 13.9. The largest absolute Gasteiger partial charge is 0.271 e. The number of nitrogens with zero attached hydrogens (tertiary/aromatic N) is 3. The van der Waals surface area contributed by atoms with Gasteiger partial charge >= 0.3 is 0 Å². The van der Waals surface area contributed by atoms with Crippen molar-refractivity contribution < 1.29 is 0 Å². The second-order valence-electron chi connectivity index (χ2n) is 5.62. The molecule has 3 unspecified atom stereocenters. The summed E-state index contributed by atoms with van der Waals surface area (Å²) in [5.41, 5.74) is 5.04. The average Bonchev–Trinajstić information content (AvgIpc) is 3.11. The molecule has 3 N–H and O–H groups in total. The minimum absolute atomic E-state index is 0.0997. The van der Waals surface area contributed by atoms with E-state index in [1.165, 1.54) is 19.3 Å². The van der Waals surface area contributed by atoms with Crippen molar-refractivity contribution in [3.8, 4) is 5.69 Å². The molecule has 1 aliphatic rings. The number of nitrogens with one attached hydrogen (secondary N) is 1. The second kappa shape index (κ2) is 5.73. The van der Waals surface area contributed by atoms with Crippen LogP contribution in [0, 0.1) is 11.8 Å². The van der Waals surface area contributed by atoms with Crippen LogP contribution >= 0.6 is 0 Å². The molecule has 3 rings (SSSR count). The molecule has 1 aliphatic carbocycles. The number of hydrogen-bond donors (Lipinski definition) is 2. The minimum Gasteiger partial charge on any atom is -0.271 e. The van der Waals surface area contributed by atoms with E-state index >= 15 is 0 Å². The van der Waals surface area contributed by atoms with Crippen molar-refractivity contribution in [3.63, 3.8) is 0 Å². The summed E-state index contributed by atoms with van der Waals surface area (Å²) in [5, 5.41) is 8.30. The van der Waals surface area contributed by atoms with Crippen molar-refractivity contribution in [1.82, 2.24) is 20.4 Å². The topological polar surface area (TPSA) is 68.8 Å². The van der Waals surface area contributed by atoms with E-state index in [1.807, 2.05) is 41.2 Å². The van der Waals surface area contributed by atoms with Crippen molar-refractivity contribution in [2.45, 2.75) is 32.2 Å². The van der Waals surface area contributed by atoms with Crippen molar-refractivity contribution in [2.24, 2.45) is 17.7 Å². The Morgan fingerprint density at radius 1 is 1.30 bits per heavy atom. The highest BCUT2D eigenvalue weighted by molar-refractivity contribution is 5.32. The third-order valence-corrected chi connectivity index (χ3v) is 4.43. The first-order valence-corrected chi connectivity index (χ1v) is 7.23. The van der Waals surface area contributed by atoms with Crippen molar-refractivity contribution in [1.29, 1.82) is 0 Å². The summed E-state index contributed by atoms with van der Waals surface area (Å²) in [4.78, 5) is 0. The van der Waals surface area contributed by atoms with Crippen LogP contribution < -0.4 is 11.3 Å². The molecule has 1 heterocycles. The number of hydrazine groups is 1. The van der Waals surface area contributed by atoms with Gasteiger partial charge < -0.3 is 0 Å². The number of benzene rings is 1. The molecule has 20 heavy (non-hydrogen) atoms. The molecule has 5 heteroatoms. The summed E-state index contributed by atoms with van der Waals surface area (Å²) in [5.74, 6) is 7.05. The third-order valence-electron chi connectivity index (χ3n) is 4.43. The summed E-state index contributed by atoms with van der Waals surface area (Å²) >= 11 is 0. The molecule has 0 amide bonds. The SMILES string of the molecule is CC1CCCC1C(NN)c1cnnn1-c1ccccc1. The van der Waals surface area contributed by atoms with Gasteiger partial charge in [-0.1, -0.05) is 43.2 Å². The maximum Gasteiger partial charge on any atom is 0.0831 e. The second-order valence-corrected chi connectivity index (χ2v) is 5.62. The van der Waals surface area contributed by atoms with Gasteiger partial charge in [-0.25, -0.2) is 4.68 Å². The molecule has 0 bridgehead atoms. The lowest BCUT2D eigenvalue weighted by atomic mass is 9.89. The van der Waals surface area contributed by atoms with Crippen LogP contribution in [0.5, 0.6) is 0 Å². The maximum atomic E-state index is 5.83. The van der Waals surface area contributed by atoms with E-state index in [-0.39, 0.29) is 6.04 Å². The summed E-state index contributed by atoms with van der Waals surface area (Å²) in [6, 6.07) is 10.2.